The zero-order valence-corrected chi connectivity index (χ0v) is 17.9. The molecule has 0 aliphatic rings. The molecule has 6 nitrogen and oxygen atoms in total. The zero-order valence-electron chi connectivity index (χ0n) is 17.9. The molecule has 2 aromatic carbocycles. The first kappa shape index (κ1) is 22.3. The predicted octanol–water partition coefficient (Wildman–Crippen LogP) is 3.79. The van der Waals surface area contributed by atoms with Gasteiger partial charge in [0.1, 0.15) is 0 Å². The monoisotopic (exact) mass is 391 g/mol. The number of para-hydroxylation sites is 4. The number of rotatable bonds is 0. The topological polar surface area (TPSA) is 75.6 Å². The Kier molecular flexibility index (Phi) is 6.02. The van der Waals surface area contributed by atoms with Gasteiger partial charge >= 0.3 is 11.4 Å². The van der Waals surface area contributed by atoms with E-state index in [2.05, 4.69) is 9.97 Å². The molecule has 29 heavy (non-hydrogen) atoms. The van der Waals surface area contributed by atoms with Gasteiger partial charge in [-0.3, -0.25) is 9.13 Å². The lowest BCUT2D eigenvalue weighted by atomic mass is 10.1. The average molecular weight is 391 g/mol. The molecule has 4 aromatic rings. The highest BCUT2D eigenvalue weighted by atomic mass is 16.1. The number of nitrogens with one attached hydrogen (secondary N) is 2. The molecule has 4 rings (SSSR count). The van der Waals surface area contributed by atoms with E-state index in [9.17, 15) is 9.59 Å². The molecule has 0 fully saturated rings. The minimum Gasteiger partial charge on any atom is -0.306 e. The first-order valence-corrected chi connectivity index (χ1v) is 9.40. The summed E-state index contributed by atoms with van der Waals surface area (Å²) in [6, 6.07) is 15.5. The van der Waals surface area contributed by atoms with Gasteiger partial charge in [-0.1, -0.05) is 24.3 Å². The number of nitrogens with zero attached hydrogens (tertiary/aromatic N) is 2. The van der Waals surface area contributed by atoms with Crippen molar-refractivity contribution in [3.8, 4) is 0 Å². The van der Waals surface area contributed by atoms with Gasteiger partial charge in [-0.05, 0) is 65.8 Å². The minimum atomic E-state index is -0.184. The van der Waals surface area contributed by atoms with Crippen LogP contribution in [0.4, 0.5) is 0 Å². The molecule has 3 radical (unpaired) electrons. The Morgan fingerprint density at radius 1 is 0.621 bits per heavy atom. The van der Waals surface area contributed by atoms with Crippen molar-refractivity contribution in [2.24, 2.45) is 0 Å². The van der Waals surface area contributed by atoms with Crippen molar-refractivity contribution in [2.45, 2.75) is 52.6 Å². The number of imidazole rings is 2. The first-order valence-electron chi connectivity index (χ1n) is 9.40. The van der Waals surface area contributed by atoms with Crippen LogP contribution >= 0.6 is 0 Å². The van der Waals surface area contributed by atoms with Gasteiger partial charge in [0, 0.05) is 19.5 Å². The quantitative estimate of drug-likeness (QED) is 0.448. The van der Waals surface area contributed by atoms with Gasteiger partial charge in [-0.15, -0.1) is 0 Å². The zero-order chi connectivity index (χ0) is 20.7. The number of fused-ring (bicyclic) bond motifs is 2. The van der Waals surface area contributed by atoms with E-state index in [1.807, 2.05) is 90.1 Å². The molecule has 2 heterocycles. The fourth-order valence-corrected chi connectivity index (χ4v) is 3.44. The van der Waals surface area contributed by atoms with Crippen molar-refractivity contribution >= 4 is 30.5 Å². The molecular weight excluding hydrogens is 363 g/mol. The molecule has 0 unspecified atom stereocenters. The molecule has 7 heteroatoms. The minimum absolute atomic E-state index is 0. The second-order valence-electron chi connectivity index (χ2n) is 8.91. The molecule has 0 bridgehead atoms. The molecule has 2 N–H and O–H groups in total. The van der Waals surface area contributed by atoms with E-state index in [0.717, 1.165) is 22.1 Å². The summed E-state index contributed by atoms with van der Waals surface area (Å²) in [6.45, 7) is 12.1. The lowest BCUT2D eigenvalue weighted by Crippen LogP contribution is -2.31. The Morgan fingerprint density at radius 3 is 1.24 bits per heavy atom. The SMILES string of the molecule is CC(C)(C)n1c(=O)[nH]c2ccccc21.CC(C)(C)n1c(=O)[nH]c2ccccc21.[B]. The van der Waals surface area contributed by atoms with Crippen LogP contribution in [0.25, 0.3) is 22.1 Å². The molecule has 0 atom stereocenters. The van der Waals surface area contributed by atoms with Crippen LogP contribution in [0.5, 0.6) is 0 Å². The van der Waals surface area contributed by atoms with Gasteiger partial charge in [0.15, 0.2) is 0 Å². The van der Waals surface area contributed by atoms with Gasteiger partial charge in [-0.25, -0.2) is 9.59 Å². The van der Waals surface area contributed by atoms with Crippen LogP contribution in [0.1, 0.15) is 41.5 Å². The maximum Gasteiger partial charge on any atom is 0.326 e. The van der Waals surface area contributed by atoms with E-state index in [-0.39, 0.29) is 30.9 Å². The Balaban J connectivity index is 0.000000200. The third-order valence-electron chi connectivity index (χ3n) is 4.52. The third-order valence-corrected chi connectivity index (χ3v) is 4.52. The van der Waals surface area contributed by atoms with E-state index >= 15 is 0 Å². The average Bonchev–Trinajstić information content (AvgIpc) is 3.09. The van der Waals surface area contributed by atoms with Crippen LogP contribution in [0.15, 0.2) is 58.1 Å². The van der Waals surface area contributed by atoms with Gasteiger partial charge in [0.05, 0.1) is 22.1 Å². The van der Waals surface area contributed by atoms with E-state index in [0.29, 0.717) is 0 Å². The van der Waals surface area contributed by atoms with E-state index in [1.54, 1.807) is 9.13 Å². The van der Waals surface area contributed by atoms with Crippen LogP contribution in [0.2, 0.25) is 0 Å². The first-order chi connectivity index (χ1) is 13.0. The molecule has 0 amide bonds. The Bertz CT molecular complexity index is 1130. The van der Waals surface area contributed by atoms with Gasteiger partial charge in [-0.2, -0.15) is 0 Å². The normalized spacial score (nSPS) is 11.8. The van der Waals surface area contributed by atoms with Crippen molar-refractivity contribution in [1.82, 2.24) is 19.1 Å². The van der Waals surface area contributed by atoms with Crippen LogP contribution in [0, 0.1) is 0 Å². The number of hydrogen-bond donors (Lipinski definition) is 2. The summed E-state index contributed by atoms with van der Waals surface area (Å²) in [7, 11) is 0. The van der Waals surface area contributed by atoms with Gasteiger partial charge in [0.25, 0.3) is 0 Å². The standard InChI is InChI=1S/2C11H14N2O.B/c2*1-11(2,3)13-9-7-5-4-6-8(9)12-10(13)14;/h2*4-7H,1-3H3,(H,12,14);. The summed E-state index contributed by atoms with van der Waals surface area (Å²) in [4.78, 5) is 29.1. The van der Waals surface area contributed by atoms with Crippen molar-refractivity contribution in [1.29, 1.82) is 0 Å². The van der Waals surface area contributed by atoms with E-state index in [1.165, 1.54) is 0 Å². The number of aromatic amines is 2. The second kappa shape index (κ2) is 7.81. The molecule has 0 spiro atoms. The lowest BCUT2D eigenvalue weighted by Gasteiger charge is -2.20. The smallest absolute Gasteiger partial charge is 0.306 e. The fraction of sp³-hybridized carbons (Fsp3) is 0.364. The number of benzene rings is 2. The Hall–Kier alpha value is -2.96. The molecule has 0 saturated heterocycles. The summed E-state index contributed by atoms with van der Waals surface area (Å²) in [5.41, 5.74) is 3.26. The van der Waals surface area contributed by atoms with Crippen LogP contribution in [0.3, 0.4) is 0 Å². The number of H-pyrrole nitrogens is 2. The van der Waals surface area contributed by atoms with Crippen molar-refractivity contribution in [3.05, 3.63) is 69.5 Å². The summed E-state index contributed by atoms with van der Waals surface area (Å²) < 4.78 is 3.56. The highest BCUT2D eigenvalue weighted by Gasteiger charge is 2.19. The van der Waals surface area contributed by atoms with Crippen LogP contribution < -0.4 is 11.4 Å². The highest BCUT2D eigenvalue weighted by Crippen LogP contribution is 2.19. The predicted molar refractivity (Wildman–Crippen MR) is 121 cm³/mol. The number of hydrogen-bond acceptors (Lipinski definition) is 2. The van der Waals surface area contributed by atoms with Crippen molar-refractivity contribution in [3.63, 3.8) is 0 Å². The number of aromatic nitrogens is 4. The largest absolute Gasteiger partial charge is 0.326 e. The molecular formula is C22H28BN4O2. The highest BCUT2D eigenvalue weighted by molar-refractivity contribution is 5.76. The molecule has 0 saturated carbocycles. The third kappa shape index (κ3) is 4.39. The van der Waals surface area contributed by atoms with E-state index < -0.39 is 0 Å². The molecule has 151 valence electrons. The lowest BCUT2D eigenvalue weighted by molar-refractivity contribution is 0.397. The fourth-order valence-electron chi connectivity index (χ4n) is 3.44. The molecule has 0 aliphatic heterocycles. The maximum absolute atomic E-state index is 11.7. The van der Waals surface area contributed by atoms with Crippen LogP contribution in [-0.4, -0.2) is 27.5 Å². The molecule has 2 aromatic heterocycles. The summed E-state index contributed by atoms with van der Waals surface area (Å²) in [5.74, 6) is 0. The van der Waals surface area contributed by atoms with Crippen molar-refractivity contribution in [2.75, 3.05) is 0 Å². The maximum atomic E-state index is 11.7. The van der Waals surface area contributed by atoms with Crippen molar-refractivity contribution < 1.29 is 0 Å². The summed E-state index contributed by atoms with van der Waals surface area (Å²) in [6.07, 6.45) is 0. The summed E-state index contributed by atoms with van der Waals surface area (Å²) in [5, 5.41) is 0. The Morgan fingerprint density at radius 2 is 0.931 bits per heavy atom. The van der Waals surface area contributed by atoms with Crippen LogP contribution in [-0.2, 0) is 11.1 Å². The summed E-state index contributed by atoms with van der Waals surface area (Å²) >= 11 is 0. The second-order valence-corrected chi connectivity index (χ2v) is 8.91. The Labute approximate surface area is 172 Å². The van der Waals surface area contributed by atoms with Gasteiger partial charge in [0.2, 0.25) is 0 Å². The molecule has 0 aliphatic carbocycles. The van der Waals surface area contributed by atoms with E-state index in [4.69, 9.17) is 0 Å². The van der Waals surface area contributed by atoms with Gasteiger partial charge < -0.3 is 9.97 Å².